The molecule has 0 spiro atoms. The highest BCUT2D eigenvalue weighted by atomic mass is 16.5. The van der Waals surface area contributed by atoms with Crippen molar-refractivity contribution in [2.24, 2.45) is 5.73 Å². The second-order valence-electron chi connectivity index (χ2n) is 3.32. The molecule has 0 amide bonds. The van der Waals surface area contributed by atoms with Crippen LogP contribution in [0.2, 0.25) is 0 Å². The summed E-state index contributed by atoms with van der Waals surface area (Å²) in [6.07, 6.45) is 0.256. The maximum Gasteiger partial charge on any atom is 0.0824 e. The van der Waals surface area contributed by atoms with E-state index in [1.165, 1.54) is 0 Å². The largest absolute Gasteiger partial charge is 0.374 e. The van der Waals surface area contributed by atoms with Crippen LogP contribution in [0.3, 0.4) is 0 Å². The van der Waals surface area contributed by atoms with Crippen molar-refractivity contribution < 1.29 is 4.74 Å². The molecule has 3 heteroatoms. The average molecular weight is 158 g/mol. The van der Waals surface area contributed by atoms with Crippen molar-refractivity contribution in [1.29, 1.82) is 0 Å². The highest BCUT2D eigenvalue weighted by Gasteiger charge is 2.20. The predicted molar refractivity (Wildman–Crippen MR) is 45.5 cm³/mol. The maximum atomic E-state index is 5.51. The zero-order valence-electron chi connectivity index (χ0n) is 7.42. The Bertz CT molecular complexity index is 117. The molecular formula is C8H18N2O. The van der Waals surface area contributed by atoms with Crippen LogP contribution < -0.4 is 5.73 Å². The lowest BCUT2D eigenvalue weighted by atomic mass is 10.2. The van der Waals surface area contributed by atoms with Gasteiger partial charge in [0, 0.05) is 25.7 Å². The second-order valence-corrected chi connectivity index (χ2v) is 3.32. The van der Waals surface area contributed by atoms with Crippen LogP contribution in [0.4, 0.5) is 0 Å². The third-order valence-electron chi connectivity index (χ3n) is 2.16. The van der Waals surface area contributed by atoms with Gasteiger partial charge < -0.3 is 10.5 Å². The zero-order valence-corrected chi connectivity index (χ0v) is 7.42. The minimum atomic E-state index is 0.256. The first kappa shape index (κ1) is 8.97. The summed E-state index contributed by atoms with van der Waals surface area (Å²) in [5.74, 6) is 0. The summed E-state index contributed by atoms with van der Waals surface area (Å²) in [4.78, 5) is 2.40. The molecule has 1 saturated heterocycles. The van der Waals surface area contributed by atoms with E-state index in [0.717, 1.165) is 19.7 Å². The van der Waals surface area contributed by atoms with E-state index in [1.54, 1.807) is 0 Å². The summed E-state index contributed by atoms with van der Waals surface area (Å²) in [7, 11) is 0. The molecule has 2 N–H and O–H groups in total. The van der Waals surface area contributed by atoms with Crippen molar-refractivity contribution in [3.05, 3.63) is 0 Å². The van der Waals surface area contributed by atoms with E-state index in [4.69, 9.17) is 10.5 Å². The van der Waals surface area contributed by atoms with Gasteiger partial charge in [-0.25, -0.2) is 0 Å². The fourth-order valence-electron chi connectivity index (χ4n) is 1.35. The molecule has 3 nitrogen and oxygen atoms in total. The first-order valence-corrected chi connectivity index (χ1v) is 4.29. The quantitative estimate of drug-likeness (QED) is 0.617. The number of hydrogen-bond acceptors (Lipinski definition) is 3. The van der Waals surface area contributed by atoms with E-state index in [9.17, 15) is 0 Å². The van der Waals surface area contributed by atoms with Gasteiger partial charge in [0.1, 0.15) is 0 Å². The number of hydrogen-bond donors (Lipinski definition) is 1. The topological polar surface area (TPSA) is 38.5 Å². The predicted octanol–water partition coefficient (Wildman–Crippen LogP) is 0.0543. The van der Waals surface area contributed by atoms with Crippen LogP contribution in [0.25, 0.3) is 0 Å². The number of nitrogens with two attached hydrogens (primary N) is 1. The van der Waals surface area contributed by atoms with Gasteiger partial charge in [0.25, 0.3) is 0 Å². The van der Waals surface area contributed by atoms with Crippen LogP contribution in [0.5, 0.6) is 0 Å². The Morgan fingerprint density at radius 3 is 2.91 bits per heavy atom. The lowest BCUT2D eigenvalue weighted by Crippen LogP contribution is -2.48. The van der Waals surface area contributed by atoms with Crippen molar-refractivity contribution >= 4 is 0 Å². The summed E-state index contributed by atoms with van der Waals surface area (Å²) in [6.45, 7) is 7.93. The van der Waals surface area contributed by atoms with E-state index >= 15 is 0 Å². The van der Waals surface area contributed by atoms with Crippen LogP contribution >= 0.6 is 0 Å². The molecule has 0 aromatic carbocycles. The minimum Gasteiger partial charge on any atom is -0.374 e. The first-order chi connectivity index (χ1) is 5.24. The molecule has 0 aromatic rings. The third kappa shape index (κ3) is 2.43. The molecule has 1 atom stereocenters. The Morgan fingerprint density at radius 2 is 2.36 bits per heavy atom. The van der Waals surface area contributed by atoms with E-state index in [0.29, 0.717) is 12.6 Å². The van der Waals surface area contributed by atoms with Gasteiger partial charge in [0.2, 0.25) is 0 Å². The number of nitrogens with zero attached hydrogens (tertiary/aromatic N) is 1. The van der Waals surface area contributed by atoms with Crippen LogP contribution in [-0.4, -0.2) is 43.3 Å². The smallest absolute Gasteiger partial charge is 0.0824 e. The highest BCUT2D eigenvalue weighted by molar-refractivity contribution is 4.73. The van der Waals surface area contributed by atoms with Crippen molar-refractivity contribution in [3.63, 3.8) is 0 Å². The van der Waals surface area contributed by atoms with Gasteiger partial charge in [0.05, 0.1) is 12.7 Å². The van der Waals surface area contributed by atoms with Gasteiger partial charge in [-0.05, 0) is 13.8 Å². The molecule has 0 aliphatic carbocycles. The summed E-state index contributed by atoms with van der Waals surface area (Å²) < 4.78 is 5.44. The molecule has 66 valence electrons. The van der Waals surface area contributed by atoms with E-state index in [1.807, 2.05) is 0 Å². The molecule has 0 radical (unpaired) electrons. The molecule has 1 heterocycles. The molecule has 0 bridgehead atoms. The van der Waals surface area contributed by atoms with Gasteiger partial charge in [-0.2, -0.15) is 0 Å². The molecule has 1 rings (SSSR count). The second kappa shape index (κ2) is 4.04. The molecule has 1 aliphatic rings. The van der Waals surface area contributed by atoms with Crippen molar-refractivity contribution in [1.82, 2.24) is 4.90 Å². The summed E-state index contributed by atoms with van der Waals surface area (Å²) in [6, 6.07) is 0.618. The number of rotatable bonds is 2. The fraction of sp³-hybridized carbons (Fsp3) is 1.00. The Kier molecular flexibility index (Phi) is 3.30. The highest BCUT2D eigenvalue weighted by Crippen LogP contribution is 2.07. The molecular weight excluding hydrogens is 140 g/mol. The Balaban J connectivity index is 2.33. The summed E-state index contributed by atoms with van der Waals surface area (Å²) in [5, 5.41) is 0. The van der Waals surface area contributed by atoms with Crippen molar-refractivity contribution in [2.45, 2.75) is 26.0 Å². The summed E-state index contributed by atoms with van der Waals surface area (Å²) >= 11 is 0. The van der Waals surface area contributed by atoms with Crippen LogP contribution in [0, 0.1) is 0 Å². The number of morpholine rings is 1. The van der Waals surface area contributed by atoms with Crippen LogP contribution in [-0.2, 0) is 4.74 Å². The lowest BCUT2D eigenvalue weighted by Gasteiger charge is -2.34. The van der Waals surface area contributed by atoms with E-state index < -0.39 is 0 Å². The summed E-state index contributed by atoms with van der Waals surface area (Å²) in [5.41, 5.74) is 5.51. The van der Waals surface area contributed by atoms with Crippen molar-refractivity contribution in [3.8, 4) is 0 Å². The van der Waals surface area contributed by atoms with Crippen molar-refractivity contribution in [2.75, 3.05) is 26.2 Å². The third-order valence-corrected chi connectivity index (χ3v) is 2.16. The fourth-order valence-corrected chi connectivity index (χ4v) is 1.35. The van der Waals surface area contributed by atoms with Gasteiger partial charge in [0.15, 0.2) is 0 Å². The normalized spacial score (nSPS) is 27.8. The maximum absolute atomic E-state index is 5.51. The van der Waals surface area contributed by atoms with Gasteiger partial charge in [-0.1, -0.05) is 0 Å². The molecule has 1 aliphatic heterocycles. The monoisotopic (exact) mass is 158 g/mol. The zero-order chi connectivity index (χ0) is 8.27. The number of ether oxygens (including phenoxy) is 1. The van der Waals surface area contributed by atoms with Gasteiger partial charge in [-0.15, -0.1) is 0 Å². The minimum absolute atomic E-state index is 0.256. The SMILES string of the molecule is CC(C)N1CCOC(CN)C1. The van der Waals surface area contributed by atoms with Gasteiger partial charge in [-0.3, -0.25) is 4.90 Å². The molecule has 11 heavy (non-hydrogen) atoms. The Labute approximate surface area is 68.5 Å². The lowest BCUT2D eigenvalue weighted by molar-refractivity contribution is -0.0334. The van der Waals surface area contributed by atoms with Crippen LogP contribution in [0.15, 0.2) is 0 Å². The average Bonchev–Trinajstić information content (AvgIpc) is 2.05. The molecule has 1 unspecified atom stereocenters. The Morgan fingerprint density at radius 1 is 1.64 bits per heavy atom. The van der Waals surface area contributed by atoms with E-state index in [2.05, 4.69) is 18.7 Å². The standard InChI is InChI=1S/C8H18N2O/c1-7(2)10-3-4-11-8(5-9)6-10/h7-8H,3-6,9H2,1-2H3. The first-order valence-electron chi connectivity index (χ1n) is 4.29. The molecule has 0 aromatic heterocycles. The molecule has 0 saturated carbocycles. The van der Waals surface area contributed by atoms with Crippen LogP contribution in [0.1, 0.15) is 13.8 Å². The molecule has 1 fully saturated rings. The van der Waals surface area contributed by atoms with Gasteiger partial charge >= 0.3 is 0 Å². The van der Waals surface area contributed by atoms with E-state index in [-0.39, 0.29) is 6.10 Å². The Hall–Kier alpha value is -0.120.